The van der Waals surface area contributed by atoms with Crippen LogP contribution < -0.4 is 10.6 Å². The molecular formula is C24H29N5O2. The molecule has 4 rings (SSSR count). The van der Waals surface area contributed by atoms with E-state index in [2.05, 4.69) is 25.4 Å². The molecule has 1 aliphatic carbocycles. The molecule has 31 heavy (non-hydrogen) atoms. The van der Waals surface area contributed by atoms with Gasteiger partial charge in [-0.3, -0.25) is 9.59 Å². The normalized spacial score (nSPS) is 14.5. The van der Waals surface area contributed by atoms with Gasteiger partial charge in [-0.25, -0.2) is 0 Å². The Labute approximate surface area is 182 Å². The molecule has 1 saturated carbocycles. The van der Waals surface area contributed by atoms with Gasteiger partial charge in [-0.15, -0.1) is 10.2 Å². The summed E-state index contributed by atoms with van der Waals surface area (Å²) in [6, 6.07) is 14.0. The molecule has 162 valence electrons. The van der Waals surface area contributed by atoms with Crippen LogP contribution in [0.25, 0.3) is 10.8 Å². The standard InChI is InChI=1S/C24H29N5O2/c1-16(2)23(24(31)25-12-11-21-28-26-15-29(21)20-9-10-20)27-22(30)14-17-7-8-18-5-3-4-6-19(18)13-17/h3-8,13,15-16,20,23H,9-12,14H2,1-2H3,(H,25,31)(H,27,30). The Morgan fingerprint density at radius 2 is 1.90 bits per heavy atom. The number of amides is 2. The lowest BCUT2D eigenvalue weighted by atomic mass is 10.0. The second-order valence-electron chi connectivity index (χ2n) is 8.57. The number of fused-ring (bicyclic) bond motifs is 1. The maximum Gasteiger partial charge on any atom is 0.242 e. The number of carbonyl (C=O) groups excluding carboxylic acids is 2. The average Bonchev–Trinajstić information content (AvgIpc) is 3.49. The zero-order chi connectivity index (χ0) is 21.8. The molecule has 1 aliphatic rings. The molecule has 7 heteroatoms. The summed E-state index contributed by atoms with van der Waals surface area (Å²) >= 11 is 0. The monoisotopic (exact) mass is 419 g/mol. The number of aromatic nitrogens is 3. The Bertz CT molecular complexity index is 1070. The number of nitrogens with one attached hydrogen (secondary N) is 2. The molecule has 1 atom stereocenters. The highest BCUT2D eigenvalue weighted by atomic mass is 16.2. The lowest BCUT2D eigenvalue weighted by molar-refractivity contribution is -0.129. The second kappa shape index (κ2) is 9.29. The van der Waals surface area contributed by atoms with Crippen LogP contribution >= 0.6 is 0 Å². The molecule has 1 unspecified atom stereocenters. The van der Waals surface area contributed by atoms with Gasteiger partial charge < -0.3 is 15.2 Å². The molecule has 0 aliphatic heterocycles. The predicted molar refractivity (Wildman–Crippen MR) is 119 cm³/mol. The lowest BCUT2D eigenvalue weighted by Gasteiger charge is -2.22. The van der Waals surface area contributed by atoms with Gasteiger partial charge in [0.2, 0.25) is 11.8 Å². The van der Waals surface area contributed by atoms with E-state index in [0.717, 1.165) is 35.0 Å². The topological polar surface area (TPSA) is 88.9 Å². The average molecular weight is 420 g/mol. The van der Waals surface area contributed by atoms with Gasteiger partial charge in [-0.05, 0) is 35.1 Å². The van der Waals surface area contributed by atoms with Crippen LogP contribution in [0, 0.1) is 5.92 Å². The van der Waals surface area contributed by atoms with E-state index in [9.17, 15) is 9.59 Å². The number of carbonyl (C=O) groups is 2. The molecule has 2 amide bonds. The third-order valence-electron chi connectivity index (χ3n) is 5.68. The molecule has 0 saturated heterocycles. The van der Waals surface area contributed by atoms with E-state index in [0.29, 0.717) is 19.0 Å². The van der Waals surface area contributed by atoms with Crippen molar-refractivity contribution in [3.05, 3.63) is 60.2 Å². The molecule has 7 nitrogen and oxygen atoms in total. The molecule has 2 N–H and O–H groups in total. The van der Waals surface area contributed by atoms with Gasteiger partial charge in [-0.2, -0.15) is 0 Å². The summed E-state index contributed by atoms with van der Waals surface area (Å²) in [5.41, 5.74) is 0.929. The zero-order valence-corrected chi connectivity index (χ0v) is 18.0. The molecule has 2 aromatic carbocycles. The lowest BCUT2D eigenvalue weighted by Crippen LogP contribution is -2.50. The molecule has 0 bridgehead atoms. The Morgan fingerprint density at radius 3 is 2.65 bits per heavy atom. The third kappa shape index (κ3) is 5.29. The highest BCUT2D eigenvalue weighted by molar-refractivity contribution is 5.89. The van der Waals surface area contributed by atoms with Crippen molar-refractivity contribution in [1.29, 1.82) is 0 Å². The van der Waals surface area contributed by atoms with Crippen LogP contribution in [0.1, 0.15) is 44.1 Å². The quantitative estimate of drug-likeness (QED) is 0.558. The smallest absolute Gasteiger partial charge is 0.242 e. The number of rotatable bonds is 9. The maximum atomic E-state index is 12.7. The van der Waals surface area contributed by atoms with Gasteiger partial charge in [0.1, 0.15) is 18.2 Å². The Balaban J connectivity index is 1.31. The van der Waals surface area contributed by atoms with Crippen LogP contribution in [-0.4, -0.2) is 39.2 Å². The summed E-state index contributed by atoms with van der Waals surface area (Å²) in [6.07, 6.45) is 4.95. The van der Waals surface area contributed by atoms with Crippen LogP contribution in [0.15, 0.2) is 48.8 Å². The van der Waals surface area contributed by atoms with Crippen molar-refractivity contribution in [3.63, 3.8) is 0 Å². The Kier molecular flexibility index (Phi) is 6.30. The van der Waals surface area contributed by atoms with Crippen molar-refractivity contribution in [2.45, 2.75) is 51.6 Å². The van der Waals surface area contributed by atoms with Crippen molar-refractivity contribution >= 4 is 22.6 Å². The van der Waals surface area contributed by atoms with Crippen molar-refractivity contribution in [2.24, 2.45) is 5.92 Å². The number of benzene rings is 2. The van der Waals surface area contributed by atoms with Crippen LogP contribution in [0.2, 0.25) is 0 Å². The van der Waals surface area contributed by atoms with E-state index >= 15 is 0 Å². The summed E-state index contributed by atoms with van der Waals surface area (Å²) in [5, 5.41) is 16.3. The first-order chi connectivity index (χ1) is 15.0. The second-order valence-corrected chi connectivity index (χ2v) is 8.57. The number of hydrogen-bond donors (Lipinski definition) is 2. The summed E-state index contributed by atoms with van der Waals surface area (Å²) < 4.78 is 2.09. The van der Waals surface area contributed by atoms with E-state index < -0.39 is 6.04 Å². The van der Waals surface area contributed by atoms with Crippen LogP contribution in [-0.2, 0) is 22.4 Å². The molecule has 1 fully saturated rings. The summed E-state index contributed by atoms with van der Waals surface area (Å²) in [5.74, 6) is 0.553. The van der Waals surface area contributed by atoms with Crippen molar-refractivity contribution in [1.82, 2.24) is 25.4 Å². The maximum absolute atomic E-state index is 12.7. The van der Waals surface area contributed by atoms with Gasteiger partial charge in [0.25, 0.3) is 0 Å². The first kappa shape index (κ1) is 21.0. The third-order valence-corrected chi connectivity index (χ3v) is 5.68. The fourth-order valence-electron chi connectivity index (χ4n) is 3.80. The summed E-state index contributed by atoms with van der Waals surface area (Å²) in [4.78, 5) is 25.4. The molecule has 3 aromatic rings. The van der Waals surface area contributed by atoms with Gasteiger partial charge in [0.05, 0.1) is 6.42 Å². The first-order valence-corrected chi connectivity index (χ1v) is 10.9. The minimum absolute atomic E-state index is 0.0179. The van der Waals surface area contributed by atoms with Crippen molar-refractivity contribution < 1.29 is 9.59 Å². The molecular weight excluding hydrogens is 390 g/mol. The highest BCUT2D eigenvalue weighted by Crippen LogP contribution is 2.35. The van der Waals surface area contributed by atoms with Gasteiger partial charge in [0.15, 0.2) is 0 Å². The van der Waals surface area contributed by atoms with Gasteiger partial charge in [0, 0.05) is 19.0 Å². The Morgan fingerprint density at radius 1 is 1.13 bits per heavy atom. The summed E-state index contributed by atoms with van der Waals surface area (Å²) in [7, 11) is 0. The van der Waals surface area contributed by atoms with Crippen molar-refractivity contribution in [2.75, 3.05) is 6.54 Å². The fraction of sp³-hybridized carbons (Fsp3) is 0.417. The van der Waals surface area contributed by atoms with E-state index in [1.54, 1.807) is 6.33 Å². The molecule has 0 spiro atoms. The Hall–Kier alpha value is -3.22. The van der Waals surface area contributed by atoms with Gasteiger partial charge in [-0.1, -0.05) is 56.3 Å². The zero-order valence-electron chi connectivity index (χ0n) is 18.0. The van der Waals surface area contributed by atoms with Crippen LogP contribution in [0.3, 0.4) is 0 Å². The highest BCUT2D eigenvalue weighted by Gasteiger charge is 2.27. The van der Waals surface area contributed by atoms with Crippen molar-refractivity contribution in [3.8, 4) is 0 Å². The van der Waals surface area contributed by atoms with Crippen LogP contribution in [0.4, 0.5) is 0 Å². The minimum Gasteiger partial charge on any atom is -0.354 e. The van der Waals surface area contributed by atoms with E-state index in [4.69, 9.17) is 0 Å². The van der Waals surface area contributed by atoms with Gasteiger partial charge >= 0.3 is 0 Å². The predicted octanol–water partition coefficient (Wildman–Crippen LogP) is 2.81. The number of nitrogens with zero attached hydrogens (tertiary/aromatic N) is 3. The minimum atomic E-state index is -0.575. The van der Waals surface area contributed by atoms with E-state index in [1.807, 2.05) is 56.3 Å². The van der Waals surface area contributed by atoms with E-state index in [1.165, 1.54) is 0 Å². The summed E-state index contributed by atoms with van der Waals surface area (Å²) in [6.45, 7) is 4.34. The molecule has 1 aromatic heterocycles. The largest absolute Gasteiger partial charge is 0.354 e. The first-order valence-electron chi connectivity index (χ1n) is 10.9. The molecule has 0 radical (unpaired) electrons. The number of hydrogen-bond acceptors (Lipinski definition) is 4. The SMILES string of the molecule is CC(C)C(NC(=O)Cc1ccc2ccccc2c1)C(=O)NCCc1nncn1C1CC1. The van der Waals surface area contributed by atoms with Crippen LogP contribution in [0.5, 0.6) is 0 Å². The fourth-order valence-corrected chi connectivity index (χ4v) is 3.80. The van der Waals surface area contributed by atoms with E-state index in [-0.39, 0.29) is 24.2 Å². The molecule has 1 heterocycles.